The monoisotopic (exact) mass is 311 g/mol. The maximum Gasteiger partial charge on any atom is 0.260 e. The molecule has 1 aliphatic heterocycles. The van der Waals surface area contributed by atoms with Crippen molar-refractivity contribution in [3.8, 4) is 5.75 Å². The zero-order valence-electron chi connectivity index (χ0n) is 12.4. The lowest BCUT2D eigenvalue weighted by Crippen LogP contribution is -2.43. The Kier molecular flexibility index (Phi) is 6.33. The molecule has 0 saturated carbocycles. The summed E-state index contributed by atoms with van der Waals surface area (Å²) < 4.78 is 11.0. The predicted molar refractivity (Wildman–Crippen MR) is 82.7 cm³/mol. The van der Waals surface area contributed by atoms with Gasteiger partial charge in [-0.15, -0.1) is 0 Å². The lowest BCUT2D eigenvalue weighted by atomic mass is 9.99. The Balaban J connectivity index is 1.78. The zero-order chi connectivity index (χ0) is 15.1. The molecule has 116 valence electrons. The Labute approximate surface area is 131 Å². The second kappa shape index (κ2) is 8.25. The summed E-state index contributed by atoms with van der Waals surface area (Å²) in [5.41, 5.74) is 0. The highest BCUT2D eigenvalue weighted by atomic mass is 35.5. The summed E-state index contributed by atoms with van der Waals surface area (Å²) in [6.45, 7) is 5.10. The molecule has 1 atom stereocenters. The van der Waals surface area contributed by atoms with Crippen LogP contribution < -0.4 is 4.74 Å². The van der Waals surface area contributed by atoms with Crippen LogP contribution in [0.4, 0.5) is 0 Å². The Bertz CT molecular complexity index is 449. The maximum absolute atomic E-state index is 12.2. The van der Waals surface area contributed by atoms with E-state index in [1.165, 1.54) is 0 Å². The third kappa shape index (κ3) is 5.21. The van der Waals surface area contributed by atoms with Gasteiger partial charge in [0.1, 0.15) is 5.75 Å². The molecule has 21 heavy (non-hydrogen) atoms. The number of hydrogen-bond acceptors (Lipinski definition) is 3. The molecule has 1 aromatic carbocycles. The number of amides is 1. The van der Waals surface area contributed by atoms with Crippen LogP contribution in [0.1, 0.15) is 19.8 Å². The molecule has 1 fully saturated rings. The minimum Gasteiger partial charge on any atom is -0.484 e. The van der Waals surface area contributed by atoms with Crippen molar-refractivity contribution in [3.63, 3.8) is 0 Å². The first-order chi connectivity index (χ1) is 10.2. The van der Waals surface area contributed by atoms with Crippen molar-refractivity contribution in [2.24, 2.45) is 5.92 Å². The molecule has 1 amide bonds. The highest BCUT2D eigenvalue weighted by molar-refractivity contribution is 6.30. The van der Waals surface area contributed by atoms with Crippen LogP contribution in [0.2, 0.25) is 5.02 Å². The number of halogens is 1. The number of likely N-dealkylation sites (tertiary alicyclic amines) is 1. The summed E-state index contributed by atoms with van der Waals surface area (Å²) in [6.07, 6.45) is 2.16. The van der Waals surface area contributed by atoms with Crippen LogP contribution in [0.15, 0.2) is 24.3 Å². The molecule has 0 radical (unpaired) electrons. The summed E-state index contributed by atoms with van der Waals surface area (Å²) in [7, 11) is 0. The van der Waals surface area contributed by atoms with Crippen molar-refractivity contribution < 1.29 is 14.3 Å². The van der Waals surface area contributed by atoms with Crippen molar-refractivity contribution >= 4 is 17.5 Å². The average molecular weight is 312 g/mol. The third-order valence-electron chi connectivity index (χ3n) is 3.61. The van der Waals surface area contributed by atoms with Gasteiger partial charge in [0, 0.05) is 24.7 Å². The molecular weight excluding hydrogens is 290 g/mol. The second-order valence-electron chi connectivity index (χ2n) is 5.25. The fraction of sp³-hybridized carbons (Fsp3) is 0.562. The number of rotatable bonds is 6. The number of benzene rings is 1. The molecule has 1 heterocycles. The highest BCUT2D eigenvalue weighted by Crippen LogP contribution is 2.18. The molecule has 2 rings (SSSR count). The predicted octanol–water partition coefficient (Wildman–Crippen LogP) is 2.99. The van der Waals surface area contributed by atoms with Gasteiger partial charge in [0.05, 0.1) is 6.61 Å². The summed E-state index contributed by atoms with van der Waals surface area (Å²) in [5, 5.41) is 0.656. The van der Waals surface area contributed by atoms with E-state index in [-0.39, 0.29) is 12.5 Å². The number of ether oxygens (including phenoxy) is 2. The van der Waals surface area contributed by atoms with Crippen molar-refractivity contribution in [1.29, 1.82) is 0 Å². The van der Waals surface area contributed by atoms with Gasteiger partial charge in [-0.05, 0) is 49.9 Å². The van der Waals surface area contributed by atoms with Gasteiger partial charge in [-0.2, -0.15) is 0 Å². The van der Waals surface area contributed by atoms with Crippen molar-refractivity contribution in [1.82, 2.24) is 4.90 Å². The largest absolute Gasteiger partial charge is 0.484 e. The molecule has 1 saturated heterocycles. The van der Waals surface area contributed by atoms with Gasteiger partial charge in [0.2, 0.25) is 0 Å². The minimum atomic E-state index is 0.0335. The molecule has 0 N–H and O–H groups in total. The number of hydrogen-bond donors (Lipinski definition) is 0. The molecular formula is C16H22ClNO3. The third-order valence-corrected chi connectivity index (χ3v) is 3.86. The summed E-state index contributed by atoms with van der Waals surface area (Å²) >= 11 is 5.81. The van der Waals surface area contributed by atoms with Crippen LogP contribution in [-0.4, -0.2) is 43.7 Å². The fourth-order valence-electron chi connectivity index (χ4n) is 2.48. The Morgan fingerprint density at radius 1 is 1.38 bits per heavy atom. The van der Waals surface area contributed by atoms with Gasteiger partial charge < -0.3 is 14.4 Å². The summed E-state index contributed by atoms with van der Waals surface area (Å²) in [5.74, 6) is 1.14. The molecule has 0 spiro atoms. The van der Waals surface area contributed by atoms with Crippen LogP contribution in [-0.2, 0) is 9.53 Å². The Hall–Kier alpha value is -1.26. The van der Waals surface area contributed by atoms with Gasteiger partial charge in [-0.25, -0.2) is 0 Å². The van der Waals surface area contributed by atoms with E-state index in [4.69, 9.17) is 21.1 Å². The molecule has 4 nitrogen and oxygen atoms in total. The first kappa shape index (κ1) is 16.1. The van der Waals surface area contributed by atoms with E-state index in [1.54, 1.807) is 24.3 Å². The first-order valence-electron chi connectivity index (χ1n) is 7.43. The van der Waals surface area contributed by atoms with Crippen LogP contribution in [0, 0.1) is 5.92 Å². The normalized spacial score (nSPS) is 18.6. The van der Waals surface area contributed by atoms with Gasteiger partial charge >= 0.3 is 0 Å². The quantitative estimate of drug-likeness (QED) is 0.810. The molecule has 0 aromatic heterocycles. The van der Waals surface area contributed by atoms with Crippen LogP contribution in [0.5, 0.6) is 5.75 Å². The van der Waals surface area contributed by atoms with Crippen molar-refractivity contribution in [3.05, 3.63) is 29.3 Å². The zero-order valence-corrected chi connectivity index (χ0v) is 13.1. The van der Waals surface area contributed by atoms with Gasteiger partial charge in [-0.3, -0.25) is 4.79 Å². The van der Waals surface area contributed by atoms with Crippen molar-refractivity contribution in [2.45, 2.75) is 19.8 Å². The lowest BCUT2D eigenvalue weighted by Gasteiger charge is -2.32. The first-order valence-corrected chi connectivity index (χ1v) is 7.80. The second-order valence-corrected chi connectivity index (χ2v) is 5.69. The standard InChI is InChI=1S/C16H22ClNO3/c1-2-20-11-13-4-3-9-18(10-13)16(19)12-21-15-7-5-14(17)6-8-15/h5-8,13H,2-4,9-12H2,1H3. The van der Waals surface area contributed by atoms with E-state index in [1.807, 2.05) is 11.8 Å². The summed E-state index contributed by atoms with van der Waals surface area (Å²) in [4.78, 5) is 14.1. The number of nitrogens with zero attached hydrogens (tertiary/aromatic N) is 1. The number of piperidine rings is 1. The molecule has 1 aliphatic rings. The number of carbonyl (C=O) groups is 1. The van der Waals surface area contributed by atoms with E-state index in [2.05, 4.69) is 0 Å². The molecule has 1 unspecified atom stereocenters. The fourth-order valence-corrected chi connectivity index (χ4v) is 2.61. The van der Waals surface area contributed by atoms with Gasteiger partial charge in [0.15, 0.2) is 6.61 Å². The lowest BCUT2D eigenvalue weighted by molar-refractivity contribution is -0.135. The molecule has 1 aromatic rings. The van der Waals surface area contributed by atoms with E-state index < -0.39 is 0 Å². The number of carbonyl (C=O) groups excluding carboxylic acids is 1. The van der Waals surface area contributed by atoms with Crippen LogP contribution in [0.25, 0.3) is 0 Å². The van der Waals surface area contributed by atoms with Crippen LogP contribution >= 0.6 is 11.6 Å². The maximum atomic E-state index is 12.2. The summed E-state index contributed by atoms with van der Waals surface area (Å²) in [6, 6.07) is 7.04. The van der Waals surface area contributed by atoms with Crippen LogP contribution in [0.3, 0.4) is 0 Å². The molecule has 0 aliphatic carbocycles. The van der Waals surface area contributed by atoms with E-state index in [0.717, 1.165) is 39.1 Å². The smallest absolute Gasteiger partial charge is 0.260 e. The van der Waals surface area contributed by atoms with E-state index in [0.29, 0.717) is 16.7 Å². The van der Waals surface area contributed by atoms with E-state index in [9.17, 15) is 4.79 Å². The van der Waals surface area contributed by atoms with Gasteiger partial charge in [-0.1, -0.05) is 11.6 Å². The minimum absolute atomic E-state index is 0.0335. The van der Waals surface area contributed by atoms with E-state index >= 15 is 0 Å². The Morgan fingerprint density at radius 2 is 2.14 bits per heavy atom. The Morgan fingerprint density at radius 3 is 2.86 bits per heavy atom. The highest BCUT2D eigenvalue weighted by Gasteiger charge is 2.23. The van der Waals surface area contributed by atoms with Gasteiger partial charge in [0.25, 0.3) is 5.91 Å². The SMILES string of the molecule is CCOCC1CCCN(C(=O)COc2ccc(Cl)cc2)C1. The average Bonchev–Trinajstić information content (AvgIpc) is 2.52. The topological polar surface area (TPSA) is 38.8 Å². The van der Waals surface area contributed by atoms with Crippen molar-refractivity contribution in [2.75, 3.05) is 32.9 Å². The molecule has 0 bridgehead atoms. The molecule has 5 heteroatoms.